The van der Waals surface area contributed by atoms with Crippen LogP contribution in [-0.4, -0.2) is 10.2 Å². The number of aromatic nitrogens is 2. The van der Waals surface area contributed by atoms with Crippen LogP contribution in [0.1, 0.15) is 13.8 Å². The van der Waals surface area contributed by atoms with Crippen molar-refractivity contribution < 1.29 is 0 Å². The van der Waals surface area contributed by atoms with Gasteiger partial charge in [0.2, 0.25) is 0 Å². The fraction of sp³-hybridized carbons (Fsp3) is 0.300. The molecule has 0 fully saturated rings. The van der Waals surface area contributed by atoms with Crippen LogP contribution < -0.4 is 10.6 Å². The molecule has 0 spiro atoms. The molecule has 0 aliphatic rings. The molecule has 0 radical (unpaired) electrons. The van der Waals surface area contributed by atoms with Gasteiger partial charge in [0.15, 0.2) is 0 Å². The molecule has 70 valence electrons. The molecule has 1 heterocycles. The number of rotatable bonds is 2. The molecular weight excluding hydrogens is 275 g/mol. The van der Waals surface area contributed by atoms with E-state index in [-0.39, 0.29) is 0 Å². The third kappa shape index (κ3) is 2.43. The van der Waals surface area contributed by atoms with Crippen LogP contribution in [0.3, 0.4) is 0 Å². The van der Waals surface area contributed by atoms with Gasteiger partial charge < -0.3 is 0 Å². The van der Waals surface area contributed by atoms with Gasteiger partial charge in [-0.05, 0) is 35.4 Å². The molecule has 13 heavy (non-hydrogen) atoms. The average Bonchev–Trinajstić information content (AvgIpc) is 2.48. The monoisotopic (exact) mass is 288 g/mol. The van der Waals surface area contributed by atoms with E-state index in [1.54, 1.807) is 0 Å². The van der Waals surface area contributed by atoms with Crippen molar-refractivity contribution in [3.05, 3.63) is 26.9 Å². The maximum absolute atomic E-state index is 4.14. The Hall–Kier alpha value is -0.580. The van der Waals surface area contributed by atoms with Gasteiger partial charge in [0.05, 0.1) is 5.35 Å². The van der Waals surface area contributed by atoms with E-state index in [1.807, 2.05) is 19.1 Å². The topological polar surface area (TPSA) is 28.7 Å². The molecule has 3 heteroatoms. The smallest absolute Gasteiger partial charge is 0.130 e. The van der Waals surface area contributed by atoms with Gasteiger partial charge in [0, 0.05) is 5.22 Å². The molecule has 0 amide bonds. The van der Waals surface area contributed by atoms with Crippen LogP contribution in [0.2, 0.25) is 0 Å². The highest BCUT2D eigenvalue weighted by Crippen LogP contribution is 1.97. The van der Waals surface area contributed by atoms with Crippen LogP contribution in [-0.2, 0) is 0 Å². The van der Waals surface area contributed by atoms with Crippen molar-refractivity contribution in [1.82, 2.24) is 10.2 Å². The Balaban J connectivity index is 3.34. The summed E-state index contributed by atoms with van der Waals surface area (Å²) < 4.78 is 1.01. The van der Waals surface area contributed by atoms with Crippen molar-refractivity contribution in [3.63, 3.8) is 0 Å². The molecule has 1 rings (SSSR count). The minimum Gasteiger partial charge on any atom is -0.277 e. The third-order valence-electron chi connectivity index (χ3n) is 1.88. The highest BCUT2D eigenvalue weighted by atomic mass is 127. The van der Waals surface area contributed by atoms with E-state index in [0.717, 1.165) is 9.05 Å². The molecule has 1 N–H and O–H groups in total. The SMILES string of the molecule is C=C[C@@H](C)/C=c1/c(I)n[nH]/c1=C/C. The first-order chi connectivity index (χ1) is 6.19. The van der Waals surface area contributed by atoms with Crippen LogP contribution in [0.5, 0.6) is 0 Å². The largest absolute Gasteiger partial charge is 0.277 e. The number of hydrogen-bond acceptors (Lipinski definition) is 1. The molecule has 1 aromatic heterocycles. The standard InChI is InChI=1S/C10H13IN2/c1-4-7(3)6-8-9(5-2)12-13-10(8)11/h4-7,12H,1H2,2-3H3/b8-6+,9-5+/t7-/m1/s1. The summed E-state index contributed by atoms with van der Waals surface area (Å²) in [5.74, 6) is 0.379. The van der Waals surface area contributed by atoms with Crippen LogP contribution in [0.15, 0.2) is 12.7 Å². The van der Waals surface area contributed by atoms with Crippen LogP contribution in [0.25, 0.3) is 12.2 Å². The lowest BCUT2D eigenvalue weighted by Crippen LogP contribution is -2.24. The quantitative estimate of drug-likeness (QED) is 0.647. The summed E-state index contributed by atoms with van der Waals surface area (Å²) in [6.07, 6.45) is 6.10. The van der Waals surface area contributed by atoms with Gasteiger partial charge >= 0.3 is 0 Å². The number of H-pyrrole nitrogens is 1. The Kier molecular flexibility index (Phi) is 3.71. The summed E-state index contributed by atoms with van der Waals surface area (Å²) in [4.78, 5) is 0. The Bertz CT molecular complexity index is 403. The molecule has 1 aromatic rings. The van der Waals surface area contributed by atoms with Gasteiger partial charge in [-0.15, -0.1) is 6.58 Å². The second kappa shape index (κ2) is 4.60. The van der Waals surface area contributed by atoms with Gasteiger partial charge in [0.25, 0.3) is 0 Å². The number of allylic oxidation sites excluding steroid dienone is 1. The summed E-state index contributed by atoms with van der Waals surface area (Å²) in [7, 11) is 0. The molecule has 0 saturated carbocycles. The molecule has 1 atom stereocenters. The van der Waals surface area contributed by atoms with Crippen molar-refractivity contribution in [1.29, 1.82) is 0 Å². The Morgan fingerprint density at radius 1 is 1.62 bits per heavy atom. The summed E-state index contributed by atoms with van der Waals surface area (Å²) in [6.45, 7) is 7.86. The minimum atomic E-state index is 0.379. The third-order valence-corrected chi connectivity index (χ3v) is 2.70. The lowest BCUT2D eigenvalue weighted by atomic mass is 10.1. The van der Waals surface area contributed by atoms with Crippen molar-refractivity contribution in [2.75, 3.05) is 0 Å². The first-order valence-electron chi connectivity index (χ1n) is 4.19. The highest BCUT2D eigenvalue weighted by molar-refractivity contribution is 14.1. The highest BCUT2D eigenvalue weighted by Gasteiger charge is 1.97. The Morgan fingerprint density at radius 3 is 2.85 bits per heavy atom. The molecule has 0 unspecified atom stereocenters. The Morgan fingerprint density at radius 2 is 2.31 bits per heavy atom. The lowest BCUT2D eigenvalue weighted by molar-refractivity contribution is 0.997. The van der Waals surface area contributed by atoms with Crippen molar-refractivity contribution in [3.8, 4) is 0 Å². The predicted octanol–water partition coefficient (Wildman–Crippen LogP) is 1.42. The molecule has 0 aliphatic heterocycles. The second-order valence-electron chi connectivity index (χ2n) is 2.89. The molecule has 0 bridgehead atoms. The molecule has 2 nitrogen and oxygen atoms in total. The minimum absolute atomic E-state index is 0.379. The molecule has 0 saturated heterocycles. The van der Waals surface area contributed by atoms with E-state index in [0.29, 0.717) is 5.92 Å². The van der Waals surface area contributed by atoms with Crippen LogP contribution in [0.4, 0.5) is 0 Å². The van der Waals surface area contributed by atoms with Crippen LogP contribution >= 0.6 is 22.6 Å². The number of aromatic amines is 1. The maximum atomic E-state index is 4.14. The summed E-state index contributed by atoms with van der Waals surface area (Å²) in [6, 6.07) is 0. The predicted molar refractivity (Wildman–Crippen MR) is 64.5 cm³/mol. The molecule has 0 aliphatic carbocycles. The average molecular weight is 288 g/mol. The first-order valence-corrected chi connectivity index (χ1v) is 5.27. The normalized spacial score (nSPS) is 16.2. The van der Waals surface area contributed by atoms with E-state index in [1.165, 1.54) is 5.22 Å². The molecular formula is C10H13IN2. The van der Waals surface area contributed by atoms with Gasteiger partial charge in [-0.3, -0.25) is 5.10 Å². The van der Waals surface area contributed by atoms with Gasteiger partial charge in [-0.1, -0.05) is 25.2 Å². The van der Waals surface area contributed by atoms with Crippen molar-refractivity contribution in [2.24, 2.45) is 5.92 Å². The van der Waals surface area contributed by atoms with Gasteiger partial charge in [-0.2, -0.15) is 5.10 Å². The van der Waals surface area contributed by atoms with Crippen molar-refractivity contribution in [2.45, 2.75) is 13.8 Å². The van der Waals surface area contributed by atoms with Gasteiger partial charge in [-0.25, -0.2) is 0 Å². The summed E-state index contributed by atoms with van der Waals surface area (Å²) >= 11 is 2.23. The lowest BCUT2D eigenvalue weighted by Gasteiger charge is -1.93. The number of nitrogens with one attached hydrogen (secondary N) is 1. The van der Waals surface area contributed by atoms with E-state index in [2.05, 4.69) is 52.4 Å². The fourth-order valence-corrected chi connectivity index (χ4v) is 1.64. The van der Waals surface area contributed by atoms with Crippen molar-refractivity contribution >= 4 is 34.7 Å². The van der Waals surface area contributed by atoms with E-state index >= 15 is 0 Å². The zero-order valence-corrected chi connectivity index (χ0v) is 10.00. The number of hydrogen-bond donors (Lipinski definition) is 1. The summed E-state index contributed by atoms with van der Waals surface area (Å²) in [5, 5.41) is 9.37. The van der Waals surface area contributed by atoms with E-state index in [9.17, 15) is 0 Å². The Labute approximate surface area is 91.6 Å². The second-order valence-corrected chi connectivity index (χ2v) is 3.91. The van der Waals surface area contributed by atoms with E-state index < -0.39 is 0 Å². The van der Waals surface area contributed by atoms with Gasteiger partial charge in [0.1, 0.15) is 3.70 Å². The molecule has 0 aromatic carbocycles. The fourth-order valence-electron chi connectivity index (χ4n) is 1.05. The summed E-state index contributed by atoms with van der Waals surface area (Å²) in [5.41, 5.74) is 0. The van der Waals surface area contributed by atoms with Crippen LogP contribution in [0, 0.1) is 9.62 Å². The number of halogens is 1. The zero-order valence-electron chi connectivity index (χ0n) is 7.84. The van der Waals surface area contributed by atoms with E-state index in [4.69, 9.17) is 0 Å². The number of nitrogens with zero attached hydrogens (tertiary/aromatic N) is 1. The first kappa shape index (κ1) is 10.5. The zero-order chi connectivity index (χ0) is 9.84. The maximum Gasteiger partial charge on any atom is 0.130 e.